The summed E-state index contributed by atoms with van der Waals surface area (Å²) in [6, 6.07) is 1.97. The number of aromatic nitrogens is 3. The van der Waals surface area contributed by atoms with Gasteiger partial charge in [-0.2, -0.15) is 5.10 Å². The summed E-state index contributed by atoms with van der Waals surface area (Å²) in [5.74, 6) is 0.301. The van der Waals surface area contributed by atoms with Crippen LogP contribution < -0.4 is 5.73 Å². The van der Waals surface area contributed by atoms with Crippen molar-refractivity contribution in [3.05, 3.63) is 23.0 Å². The summed E-state index contributed by atoms with van der Waals surface area (Å²) >= 11 is 0. The number of hydrogen-bond donors (Lipinski definition) is 1. The van der Waals surface area contributed by atoms with Crippen molar-refractivity contribution in [2.24, 2.45) is 11.1 Å². The maximum atomic E-state index is 13.5. The van der Waals surface area contributed by atoms with Crippen molar-refractivity contribution >= 4 is 41.8 Å². The lowest BCUT2D eigenvalue weighted by Gasteiger charge is -2.23. The number of nitrogens with two attached hydrogens (primary N) is 1. The molecule has 29 heavy (non-hydrogen) atoms. The molecule has 2 N–H and O–H groups in total. The van der Waals surface area contributed by atoms with Gasteiger partial charge in [-0.25, -0.2) is 9.67 Å². The van der Waals surface area contributed by atoms with Gasteiger partial charge in [-0.05, 0) is 58.1 Å². The van der Waals surface area contributed by atoms with Gasteiger partial charge in [0, 0.05) is 18.8 Å². The lowest BCUT2D eigenvalue weighted by molar-refractivity contribution is 0.0778. The normalized spacial score (nSPS) is 19.4. The Morgan fingerprint density at radius 1 is 1.31 bits per heavy atom. The molecule has 1 unspecified atom stereocenters. The second kappa shape index (κ2) is 8.78. The Morgan fingerprint density at radius 3 is 2.41 bits per heavy atom. The van der Waals surface area contributed by atoms with E-state index in [1.165, 1.54) is 0 Å². The molecule has 3 heterocycles. The molecule has 1 aliphatic rings. The van der Waals surface area contributed by atoms with Gasteiger partial charge in [-0.1, -0.05) is 20.8 Å². The number of nitrogens with zero attached hydrogens (tertiary/aromatic N) is 4. The van der Waals surface area contributed by atoms with Crippen molar-refractivity contribution in [1.29, 1.82) is 0 Å². The summed E-state index contributed by atoms with van der Waals surface area (Å²) in [4.78, 5) is 20.3. The Labute approximate surface area is 186 Å². The number of fused-ring (bicyclic) bond motifs is 1. The molecule has 1 amide bonds. The average Bonchev–Trinajstić information content (AvgIpc) is 3.15. The molecule has 0 radical (unpaired) electrons. The Kier molecular flexibility index (Phi) is 7.77. The molecular weight excluding hydrogens is 409 g/mol. The Morgan fingerprint density at radius 2 is 1.93 bits per heavy atom. The standard InChI is InChI=1S/C21H33N5O.2ClH/c1-13(2)16-10-15(19(27)25-9-8-21(7,11-22)12-25)17-14(3)24-26(18(17)23-16)20(4,5)6;;/h10,13H,8-9,11-12,22H2,1-7H3;2*1H. The maximum Gasteiger partial charge on any atom is 0.254 e. The third-order valence-electron chi connectivity index (χ3n) is 5.63. The first kappa shape index (κ1) is 25.7. The summed E-state index contributed by atoms with van der Waals surface area (Å²) in [5.41, 5.74) is 9.04. The number of carbonyl (C=O) groups is 1. The molecule has 8 heteroatoms. The first-order valence-corrected chi connectivity index (χ1v) is 9.87. The van der Waals surface area contributed by atoms with Gasteiger partial charge in [0.15, 0.2) is 5.65 Å². The van der Waals surface area contributed by atoms with Gasteiger partial charge < -0.3 is 10.6 Å². The molecular formula is C21H35Cl2N5O. The number of pyridine rings is 1. The van der Waals surface area contributed by atoms with E-state index in [0.29, 0.717) is 13.1 Å². The fraction of sp³-hybridized carbons (Fsp3) is 0.667. The second-order valence-corrected chi connectivity index (χ2v) is 9.61. The smallest absolute Gasteiger partial charge is 0.254 e. The highest BCUT2D eigenvalue weighted by Gasteiger charge is 2.36. The van der Waals surface area contributed by atoms with E-state index in [0.717, 1.165) is 41.0 Å². The third-order valence-corrected chi connectivity index (χ3v) is 5.63. The minimum atomic E-state index is -0.207. The van der Waals surface area contributed by atoms with Crippen LogP contribution >= 0.6 is 24.8 Å². The second-order valence-electron chi connectivity index (χ2n) is 9.61. The van der Waals surface area contributed by atoms with E-state index in [1.54, 1.807) is 0 Å². The largest absolute Gasteiger partial charge is 0.338 e. The van der Waals surface area contributed by atoms with Gasteiger partial charge in [0.1, 0.15) is 0 Å². The lowest BCUT2D eigenvalue weighted by Crippen LogP contribution is -2.34. The van der Waals surface area contributed by atoms with E-state index < -0.39 is 0 Å². The molecule has 1 fully saturated rings. The van der Waals surface area contributed by atoms with Crippen molar-refractivity contribution in [2.75, 3.05) is 19.6 Å². The number of rotatable bonds is 3. The zero-order valence-corrected chi connectivity index (χ0v) is 20.2. The van der Waals surface area contributed by atoms with Crippen molar-refractivity contribution in [3.8, 4) is 0 Å². The van der Waals surface area contributed by atoms with Crippen LogP contribution in [-0.2, 0) is 5.54 Å². The van der Waals surface area contributed by atoms with Gasteiger partial charge >= 0.3 is 0 Å². The van der Waals surface area contributed by atoms with Crippen molar-refractivity contribution in [1.82, 2.24) is 19.7 Å². The Hall–Kier alpha value is -1.37. The fourth-order valence-electron chi connectivity index (χ4n) is 3.77. The Bertz CT molecular complexity index is 887. The van der Waals surface area contributed by atoms with E-state index in [4.69, 9.17) is 15.8 Å². The first-order valence-electron chi connectivity index (χ1n) is 9.87. The number of hydrogen-bond acceptors (Lipinski definition) is 4. The highest BCUT2D eigenvalue weighted by atomic mass is 35.5. The van der Waals surface area contributed by atoms with Crippen LogP contribution in [0.1, 0.15) is 75.6 Å². The molecule has 164 valence electrons. The zero-order chi connectivity index (χ0) is 20.1. The van der Waals surface area contributed by atoms with Crippen LogP contribution in [0.2, 0.25) is 0 Å². The van der Waals surface area contributed by atoms with Crippen molar-refractivity contribution in [2.45, 2.75) is 66.3 Å². The molecule has 2 aromatic rings. The fourth-order valence-corrected chi connectivity index (χ4v) is 3.77. The van der Waals surface area contributed by atoms with Crippen LogP contribution in [0, 0.1) is 12.3 Å². The van der Waals surface area contributed by atoms with E-state index in [-0.39, 0.29) is 47.6 Å². The Balaban J connectivity index is 0.00000210. The molecule has 2 aromatic heterocycles. The van der Waals surface area contributed by atoms with Crippen LogP contribution in [0.25, 0.3) is 11.0 Å². The molecule has 3 rings (SSSR count). The molecule has 0 saturated carbocycles. The zero-order valence-electron chi connectivity index (χ0n) is 18.6. The third kappa shape index (κ3) is 4.70. The SMILES string of the molecule is Cc1nn(C(C)(C)C)c2nc(C(C)C)cc(C(=O)N3CCC(C)(CN)C3)c12.Cl.Cl. The first-order chi connectivity index (χ1) is 12.5. The molecule has 1 aliphatic heterocycles. The van der Waals surface area contributed by atoms with Gasteiger partial charge in [-0.15, -0.1) is 24.8 Å². The van der Waals surface area contributed by atoms with Gasteiger partial charge in [0.25, 0.3) is 5.91 Å². The predicted octanol–water partition coefficient (Wildman–Crippen LogP) is 4.27. The summed E-state index contributed by atoms with van der Waals surface area (Å²) < 4.78 is 1.95. The van der Waals surface area contributed by atoms with Crippen molar-refractivity contribution < 1.29 is 4.79 Å². The quantitative estimate of drug-likeness (QED) is 0.767. The number of carbonyl (C=O) groups excluding carboxylic acids is 1. The maximum absolute atomic E-state index is 13.5. The van der Waals surface area contributed by atoms with E-state index >= 15 is 0 Å². The van der Waals surface area contributed by atoms with Crippen molar-refractivity contribution in [3.63, 3.8) is 0 Å². The van der Waals surface area contributed by atoms with Crippen LogP contribution in [-0.4, -0.2) is 45.2 Å². The summed E-state index contributed by atoms with van der Waals surface area (Å²) in [6.45, 7) is 16.7. The van der Waals surface area contributed by atoms with Gasteiger partial charge in [0.2, 0.25) is 0 Å². The topological polar surface area (TPSA) is 77.0 Å². The summed E-state index contributed by atoms with van der Waals surface area (Å²) in [5, 5.41) is 5.61. The van der Waals surface area contributed by atoms with E-state index in [9.17, 15) is 4.79 Å². The average molecular weight is 444 g/mol. The van der Waals surface area contributed by atoms with Crippen LogP contribution in [0.3, 0.4) is 0 Å². The highest BCUT2D eigenvalue weighted by Crippen LogP contribution is 2.33. The van der Waals surface area contributed by atoms with E-state index in [2.05, 4.69) is 41.5 Å². The molecule has 1 saturated heterocycles. The van der Waals surface area contributed by atoms with Gasteiger partial charge in [0.05, 0.1) is 22.2 Å². The number of aryl methyl sites for hydroxylation is 1. The number of amides is 1. The van der Waals surface area contributed by atoms with Crippen LogP contribution in [0.15, 0.2) is 6.07 Å². The lowest BCUT2D eigenvalue weighted by atomic mass is 9.90. The van der Waals surface area contributed by atoms with E-state index in [1.807, 2.05) is 22.6 Å². The minimum absolute atomic E-state index is 0. The van der Waals surface area contributed by atoms with Crippen LogP contribution in [0.4, 0.5) is 0 Å². The molecule has 0 aromatic carbocycles. The molecule has 0 spiro atoms. The minimum Gasteiger partial charge on any atom is -0.338 e. The number of likely N-dealkylation sites (tertiary alicyclic amines) is 1. The summed E-state index contributed by atoms with van der Waals surface area (Å²) in [6.07, 6.45) is 0.945. The molecule has 0 aliphatic carbocycles. The number of halogens is 2. The highest BCUT2D eigenvalue weighted by molar-refractivity contribution is 6.06. The molecule has 1 atom stereocenters. The predicted molar refractivity (Wildman–Crippen MR) is 124 cm³/mol. The molecule has 6 nitrogen and oxygen atoms in total. The molecule has 0 bridgehead atoms. The van der Waals surface area contributed by atoms with Gasteiger partial charge in [-0.3, -0.25) is 4.79 Å². The monoisotopic (exact) mass is 443 g/mol. The summed E-state index contributed by atoms with van der Waals surface area (Å²) in [7, 11) is 0. The van der Waals surface area contributed by atoms with Crippen LogP contribution in [0.5, 0.6) is 0 Å².